The van der Waals surface area contributed by atoms with Crippen molar-refractivity contribution >= 4 is 18.3 Å². The van der Waals surface area contributed by atoms with Crippen molar-refractivity contribution in [3.63, 3.8) is 0 Å². The minimum atomic E-state index is -0.500. The maximum Gasteiger partial charge on any atom is 0.240 e. The number of methoxy groups -OCH3 is 1. The van der Waals surface area contributed by atoms with Crippen LogP contribution < -0.4 is 15.4 Å². The number of amides is 1. The molecule has 0 radical (unpaired) electrons. The van der Waals surface area contributed by atoms with E-state index in [4.69, 9.17) is 4.74 Å². The smallest absolute Gasteiger partial charge is 0.240 e. The molecule has 124 valence electrons. The Morgan fingerprint density at radius 3 is 2.64 bits per heavy atom. The van der Waals surface area contributed by atoms with Crippen LogP contribution >= 0.6 is 12.4 Å². The van der Waals surface area contributed by atoms with Gasteiger partial charge in [-0.2, -0.15) is 0 Å². The van der Waals surface area contributed by atoms with Crippen LogP contribution in [0.15, 0.2) is 24.3 Å². The molecule has 1 aliphatic heterocycles. The number of rotatable bonds is 6. The Bertz CT molecular complexity index is 473. The van der Waals surface area contributed by atoms with Crippen LogP contribution in [0.5, 0.6) is 5.75 Å². The minimum Gasteiger partial charge on any atom is -0.497 e. The fourth-order valence-corrected chi connectivity index (χ4v) is 2.69. The molecule has 0 bridgehead atoms. The highest BCUT2D eigenvalue weighted by Crippen LogP contribution is 2.23. The summed E-state index contributed by atoms with van der Waals surface area (Å²) < 4.78 is 5.14. The van der Waals surface area contributed by atoms with E-state index in [1.165, 1.54) is 0 Å². The summed E-state index contributed by atoms with van der Waals surface area (Å²) in [5.74, 6) is 0.770. The van der Waals surface area contributed by atoms with Gasteiger partial charge in [0.1, 0.15) is 5.75 Å². The first kappa shape index (κ1) is 18.7. The summed E-state index contributed by atoms with van der Waals surface area (Å²) in [5, 5.41) is 15.6. The van der Waals surface area contributed by atoms with Gasteiger partial charge in [0, 0.05) is 6.61 Å². The Balaban J connectivity index is 0.00000242. The summed E-state index contributed by atoms with van der Waals surface area (Å²) >= 11 is 0. The van der Waals surface area contributed by atoms with Crippen molar-refractivity contribution in [1.82, 2.24) is 10.6 Å². The second-order valence-corrected chi connectivity index (χ2v) is 5.67. The van der Waals surface area contributed by atoms with Gasteiger partial charge in [-0.1, -0.05) is 12.1 Å². The van der Waals surface area contributed by atoms with Crippen molar-refractivity contribution in [2.24, 2.45) is 0 Å². The number of benzene rings is 1. The van der Waals surface area contributed by atoms with E-state index in [0.29, 0.717) is 6.42 Å². The van der Waals surface area contributed by atoms with Crippen LogP contribution in [0.25, 0.3) is 0 Å². The second-order valence-electron chi connectivity index (χ2n) is 5.67. The van der Waals surface area contributed by atoms with E-state index >= 15 is 0 Å². The molecule has 1 aromatic carbocycles. The number of ether oxygens (including phenoxy) is 1. The largest absolute Gasteiger partial charge is 0.497 e. The molecule has 2 atom stereocenters. The van der Waals surface area contributed by atoms with E-state index in [1.54, 1.807) is 7.11 Å². The first-order chi connectivity index (χ1) is 10.1. The van der Waals surface area contributed by atoms with Crippen molar-refractivity contribution in [1.29, 1.82) is 0 Å². The third kappa shape index (κ3) is 4.35. The van der Waals surface area contributed by atoms with E-state index in [2.05, 4.69) is 10.6 Å². The van der Waals surface area contributed by atoms with Crippen molar-refractivity contribution in [2.45, 2.75) is 37.8 Å². The highest BCUT2D eigenvalue weighted by atomic mass is 35.5. The Morgan fingerprint density at radius 2 is 2.14 bits per heavy atom. The molecular formula is C16H25ClN2O3. The van der Waals surface area contributed by atoms with Gasteiger partial charge in [-0.3, -0.25) is 4.79 Å². The van der Waals surface area contributed by atoms with Gasteiger partial charge >= 0.3 is 0 Å². The van der Waals surface area contributed by atoms with Crippen molar-refractivity contribution in [2.75, 3.05) is 20.3 Å². The SMILES string of the molecule is COc1ccc(C(CCO)NC(=O)C2(C)CCCN2)cc1.Cl. The van der Waals surface area contributed by atoms with Gasteiger partial charge < -0.3 is 20.5 Å². The number of nitrogens with one attached hydrogen (secondary N) is 2. The van der Waals surface area contributed by atoms with Crippen molar-refractivity contribution in [3.8, 4) is 5.75 Å². The van der Waals surface area contributed by atoms with Gasteiger partial charge in [0.2, 0.25) is 5.91 Å². The predicted molar refractivity (Wildman–Crippen MR) is 88.5 cm³/mol. The van der Waals surface area contributed by atoms with E-state index in [1.807, 2.05) is 31.2 Å². The number of halogens is 1. The summed E-state index contributed by atoms with van der Waals surface area (Å²) in [5.41, 5.74) is 0.472. The van der Waals surface area contributed by atoms with Crippen LogP contribution in [0.3, 0.4) is 0 Å². The molecule has 1 amide bonds. The fraction of sp³-hybridized carbons (Fsp3) is 0.562. The molecule has 1 heterocycles. The lowest BCUT2D eigenvalue weighted by Gasteiger charge is -2.27. The number of carbonyl (C=O) groups is 1. The highest BCUT2D eigenvalue weighted by Gasteiger charge is 2.36. The van der Waals surface area contributed by atoms with E-state index in [9.17, 15) is 9.90 Å². The molecule has 2 rings (SSSR count). The van der Waals surface area contributed by atoms with Crippen molar-refractivity contribution < 1.29 is 14.6 Å². The molecule has 1 fully saturated rings. The lowest BCUT2D eigenvalue weighted by atomic mass is 9.97. The summed E-state index contributed by atoms with van der Waals surface area (Å²) in [6, 6.07) is 7.38. The number of hydrogen-bond donors (Lipinski definition) is 3. The van der Waals surface area contributed by atoms with Crippen LogP contribution in [-0.2, 0) is 4.79 Å². The average molecular weight is 329 g/mol. The maximum absolute atomic E-state index is 12.5. The summed E-state index contributed by atoms with van der Waals surface area (Å²) in [4.78, 5) is 12.5. The first-order valence-electron chi connectivity index (χ1n) is 7.40. The quantitative estimate of drug-likeness (QED) is 0.744. The minimum absolute atomic E-state index is 0. The third-order valence-electron chi connectivity index (χ3n) is 4.11. The van der Waals surface area contributed by atoms with Gasteiger partial charge in [-0.05, 0) is 50.4 Å². The Morgan fingerprint density at radius 1 is 1.45 bits per heavy atom. The lowest BCUT2D eigenvalue weighted by molar-refractivity contribution is -0.127. The number of hydrogen-bond acceptors (Lipinski definition) is 4. The molecule has 0 aromatic heterocycles. The van der Waals surface area contributed by atoms with Crippen molar-refractivity contribution in [3.05, 3.63) is 29.8 Å². The van der Waals surface area contributed by atoms with Gasteiger partial charge in [-0.25, -0.2) is 0 Å². The molecule has 2 unspecified atom stereocenters. The number of aliphatic hydroxyl groups is 1. The highest BCUT2D eigenvalue weighted by molar-refractivity contribution is 5.86. The zero-order chi connectivity index (χ0) is 15.3. The maximum atomic E-state index is 12.5. The molecule has 6 heteroatoms. The van der Waals surface area contributed by atoms with E-state index < -0.39 is 5.54 Å². The first-order valence-corrected chi connectivity index (χ1v) is 7.40. The van der Waals surface area contributed by atoms with Crippen LogP contribution in [0, 0.1) is 0 Å². The molecule has 5 nitrogen and oxygen atoms in total. The second kappa shape index (κ2) is 8.36. The summed E-state index contributed by atoms with van der Waals surface area (Å²) in [6.07, 6.45) is 2.35. The molecule has 1 saturated heterocycles. The Kier molecular flexibility index (Phi) is 7.13. The topological polar surface area (TPSA) is 70.6 Å². The average Bonchev–Trinajstić information content (AvgIpc) is 2.95. The Labute approximate surface area is 137 Å². The summed E-state index contributed by atoms with van der Waals surface area (Å²) in [7, 11) is 1.62. The number of carbonyl (C=O) groups excluding carboxylic acids is 1. The standard InChI is InChI=1S/C16H24N2O3.ClH/c1-16(9-3-10-17-16)15(20)18-14(8-11-19)12-4-6-13(21-2)7-5-12;/h4-7,14,17,19H,3,8-11H2,1-2H3,(H,18,20);1H. The van der Waals surface area contributed by atoms with Gasteiger partial charge in [-0.15, -0.1) is 12.4 Å². The van der Waals surface area contributed by atoms with Gasteiger partial charge in [0.15, 0.2) is 0 Å². The van der Waals surface area contributed by atoms with Gasteiger partial charge in [0.25, 0.3) is 0 Å². The van der Waals surface area contributed by atoms with Crippen LogP contribution in [0.2, 0.25) is 0 Å². The summed E-state index contributed by atoms with van der Waals surface area (Å²) in [6.45, 7) is 2.83. The molecule has 0 aliphatic carbocycles. The monoisotopic (exact) mass is 328 g/mol. The normalized spacial score (nSPS) is 21.8. The molecule has 1 aromatic rings. The van der Waals surface area contributed by atoms with E-state index in [-0.39, 0.29) is 31.0 Å². The van der Waals surface area contributed by atoms with Gasteiger partial charge in [0.05, 0.1) is 18.7 Å². The molecule has 0 saturated carbocycles. The third-order valence-corrected chi connectivity index (χ3v) is 4.11. The van der Waals surface area contributed by atoms with E-state index in [0.717, 1.165) is 30.7 Å². The molecule has 3 N–H and O–H groups in total. The zero-order valence-corrected chi connectivity index (χ0v) is 13.9. The Hall–Kier alpha value is -1.30. The molecule has 0 spiro atoms. The van der Waals surface area contributed by atoms with Crippen LogP contribution in [0.1, 0.15) is 37.8 Å². The predicted octanol–water partition coefficient (Wildman–Crippen LogP) is 1.80. The molecule has 22 heavy (non-hydrogen) atoms. The van der Waals surface area contributed by atoms with Crippen LogP contribution in [-0.4, -0.2) is 36.8 Å². The molecular weight excluding hydrogens is 304 g/mol. The van der Waals surface area contributed by atoms with Crippen LogP contribution in [0.4, 0.5) is 0 Å². The molecule has 1 aliphatic rings. The fourth-order valence-electron chi connectivity index (χ4n) is 2.69. The lowest BCUT2D eigenvalue weighted by Crippen LogP contribution is -2.52. The zero-order valence-electron chi connectivity index (χ0n) is 13.1. The number of aliphatic hydroxyl groups excluding tert-OH is 1.